The van der Waals surface area contributed by atoms with Crippen LogP contribution >= 0.6 is 0 Å². The van der Waals surface area contributed by atoms with E-state index in [1.165, 1.54) is 17.0 Å². The number of rotatable bonds is 13. The Morgan fingerprint density at radius 3 is 2.34 bits per heavy atom. The second kappa shape index (κ2) is 24.8. The summed E-state index contributed by atoms with van der Waals surface area (Å²) in [7, 11) is 4.83. The summed E-state index contributed by atoms with van der Waals surface area (Å²) in [6.07, 6.45) is 5.91. The molecule has 0 aromatic heterocycles. The molecule has 0 aliphatic carbocycles. The standard InChI is InChI=1S/C51H77FN2O10/c1-12-15-39-27-31(2)24-32(3)28-44(61-10)47-45(62-11)29-35(6)51(64-47,53-22-21-38-17-19-40(52)20-18-38)48(57)49(58)54-23-14-13-16-41(54)50(59)63-46(37(8)42(55)30-43(39)56)34(5)25-33(4)26-36(7)60-9/h12,17-20,25,27,32-33,35-37,39,41-42,44-47,53,55H,1,13-16,21-24,26,28-30H2,2-11H3/b31-27+,34-25+/t32-,33-,35+,36-,37+,39+,41-,42-,44-,45-,46+,47+,51+/m0/s1. The first-order chi connectivity index (χ1) is 30.4. The smallest absolute Gasteiger partial charge is 0.329 e. The summed E-state index contributed by atoms with van der Waals surface area (Å²) in [5.41, 5.74) is 0.659. The highest BCUT2D eigenvalue weighted by molar-refractivity contribution is 6.39. The lowest BCUT2D eigenvalue weighted by atomic mass is 9.80. The number of halogens is 1. The minimum atomic E-state index is -1.84. The van der Waals surface area contributed by atoms with Crippen LogP contribution in [-0.2, 0) is 49.3 Å². The van der Waals surface area contributed by atoms with Crippen LogP contribution in [0.1, 0.15) is 112 Å². The molecule has 0 spiro atoms. The number of ketones is 2. The highest BCUT2D eigenvalue weighted by Crippen LogP contribution is 2.39. The van der Waals surface area contributed by atoms with Gasteiger partial charge in [-0.05, 0) is 114 Å². The maximum absolute atomic E-state index is 15.2. The van der Waals surface area contributed by atoms with Gasteiger partial charge < -0.3 is 33.7 Å². The number of cyclic esters (lactones) is 1. The fourth-order valence-electron chi connectivity index (χ4n) is 10.00. The van der Waals surface area contributed by atoms with Gasteiger partial charge in [-0.15, -0.1) is 6.58 Å². The summed E-state index contributed by atoms with van der Waals surface area (Å²) in [5, 5.41) is 15.2. The van der Waals surface area contributed by atoms with Crippen molar-refractivity contribution in [3.63, 3.8) is 0 Å². The molecule has 1 aromatic carbocycles. The van der Waals surface area contributed by atoms with Gasteiger partial charge >= 0.3 is 5.97 Å². The first-order valence-corrected chi connectivity index (χ1v) is 23.4. The van der Waals surface area contributed by atoms with Gasteiger partial charge in [0.1, 0.15) is 29.9 Å². The molecule has 64 heavy (non-hydrogen) atoms. The van der Waals surface area contributed by atoms with Gasteiger partial charge in [0.25, 0.3) is 11.7 Å². The number of aliphatic hydroxyl groups excluding tert-OH is 1. The molecule has 358 valence electrons. The van der Waals surface area contributed by atoms with Crippen LogP contribution in [0, 0.1) is 35.4 Å². The molecule has 4 rings (SSSR count). The first kappa shape index (κ1) is 53.0. The van der Waals surface area contributed by atoms with E-state index in [1.807, 2.05) is 46.8 Å². The number of esters is 1. The number of methoxy groups -OCH3 is 3. The number of amides is 1. The van der Waals surface area contributed by atoms with E-state index in [-0.39, 0.29) is 55.5 Å². The van der Waals surface area contributed by atoms with Crippen molar-refractivity contribution in [2.45, 2.75) is 161 Å². The zero-order valence-corrected chi connectivity index (χ0v) is 40.1. The van der Waals surface area contributed by atoms with Gasteiger partial charge in [0.15, 0.2) is 5.72 Å². The van der Waals surface area contributed by atoms with Crippen LogP contribution in [0.25, 0.3) is 0 Å². The molecule has 3 aliphatic rings. The number of hydrogen-bond donors (Lipinski definition) is 2. The van der Waals surface area contributed by atoms with Gasteiger partial charge in [0, 0.05) is 58.6 Å². The quantitative estimate of drug-likeness (QED) is 0.115. The molecule has 3 aliphatic heterocycles. The van der Waals surface area contributed by atoms with Crippen molar-refractivity contribution in [2.75, 3.05) is 34.4 Å². The fourth-order valence-corrected chi connectivity index (χ4v) is 10.00. The Morgan fingerprint density at radius 1 is 1.03 bits per heavy atom. The van der Waals surface area contributed by atoms with Crippen molar-refractivity contribution in [1.82, 2.24) is 10.2 Å². The Labute approximate surface area is 381 Å². The molecule has 0 radical (unpaired) electrons. The minimum Gasteiger partial charge on any atom is -0.456 e. The Morgan fingerprint density at radius 2 is 1.70 bits per heavy atom. The largest absolute Gasteiger partial charge is 0.456 e. The van der Waals surface area contributed by atoms with Crippen molar-refractivity contribution in [3.05, 3.63) is 71.6 Å². The van der Waals surface area contributed by atoms with E-state index in [9.17, 15) is 23.9 Å². The SMILES string of the molecule is C=CC[C@@H]1/C=C(\C)C[C@H](C)C[C@H](OC)[C@H]2O[C@@](NCCc3ccc(F)cc3)(C(=O)C(=O)N3CCCC[C@H]3C(=O)O[C@H](/C(C)=C/[C@H](C)C[C@H](C)OC)[C@H](C)[C@@H](O)CC1=O)[C@H](C)C[C@@H]2OC. The number of Topliss-reactive ketones (excluding diaryl/α,β-unsaturated/α-hetero) is 2. The third-order valence-corrected chi connectivity index (χ3v) is 13.7. The van der Waals surface area contributed by atoms with Gasteiger partial charge in [-0.2, -0.15) is 0 Å². The molecule has 13 heteroatoms. The molecule has 0 saturated carbocycles. The van der Waals surface area contributed by atoms with Crippen LogP contribution in [0.4, 0.5) is 4.39 Å². The Balaban J connectivity index is 1.85. The molecule has 2 fully saturated rings. The second-order valence-corrected chi connectivity index (χ2v) is 19.0. The Hall–Kier alpha value is -3.59. The average molecular weight is 897 g/mol. The minimum absolute atomic E-state index is 0.0195. The fraction of sp³-hybridized carbons (Fsp3) is 0.686. The third kappa shape index (κ3) is 13.7. The molecule has 0 unspecified atom stereocenters. The summed E-state index contributed by atoms with van der Waals surface area (Å²) in [6.45, 7) is 17.8. The number of fused-ring (bicyclic) bond motifs is 3. The monoisotopic (exact) mass is 897 g/mol. The number of carbonyl (C=O) groups excluding carboxylic acids is 4. The summed E-state index contributed by atoms with van der Waals surface area (Å²) in [4.78, 5) is 60.0. The lowest BCUT2D eigenvalue weighted by Gasteiger charge is -2.50. The van der Waals surface area contributed by atoms with Crippen LogP contribution in [0.2, 0.25) is 0 Å². The maximum atomic E-state index is 15.2. The van der Waals surface area contributed by atoms with Crippen molar-refractivity contribution in [2.24, 2.45) is 29.6 Å². The van der Waals surface area contributed by atoms with Gasteiger partial charge in [0.2, 0.25) is 0 Å². The van der Waals surface area contributed by atoms with Crippen LogP contribution in [0.15, 0.2) is 60.2 Å². The molecule has 2 bridgehead atoms. The molecule has 1 aromatic rings. The van der Waals surface area contributed by atoms with Crippen LogP contribution in [-0.4, -0.2) is 116 Å². The molecular formula is C51H77FN2O10. The molecule has 2 saturated heterocycles. The number of hydrogen-bond acceptors (Lipinski definition) is 11. The Bertz CT molecular complexity index is 1780. The second-order valence-electron chi connectivity index (χ2n) is 19.0. The van der Waals surface area contributed by atoms with E-state index in [0.29, 0.717) is 56.9 Å². The van der Waals surface area contributed by atoms with E-state index < -0.39 is 77.7 Å². The number of allylic oxidation sites excluding steroid dienone is 4. The summed E-state index contributed by atoms with van der Waals surface area (Å²) in [5.74, 6) is -4.68. The first-order valence-electron chi connectivity index (χ1n) is 23.4. The number of nitrogens with one attached hydrogen (secondary N) is 1. The predicted octanol–water partition coefficient (Wildman–Crippen LogP) is 7.50. The van der Waals surface area contributed by atoms with Gasteiger partial charge in [-0.1, -0.05) is 63.6 Å². The lowest BCUT2D eigenvalue weighted by Crippen LogP contribution is -2.70. The average Bonchev–Trinajstić information content (AvgIpc) is 3.26. The molecule has 12 nitrogen and oxygen atoms in total. The van der Waals surface area contributed by atoms with Crippen molar-refractivity contribution < 1.29 is 52.4 Å². The number of carbonyl (C=O) groups is 4. The molecule has 13 atom stereocenters. The summed E-state index contributed by atoms with van der Waals surface area (Å²) in [6, 6.07) is 5.01. The highest BCUT2D eigenvalue weighted by atomic mass is 19.1. The predicted molar refractivity (Wildman–Crippen MR) is 245 cm³/mol. The zero-order valence-electron chi connectivity index (χ0n) is 40.1. The van der Waals surface area contributed by atoms with Crippen LogP contribution in [0.5, 0.6) is 0 Å². The highest BCUT2D eigenvalue weighted by Gasteiger charge is 2.57. The van der Waals surface area contributed by atoms with E-state index >= 15 is 4.79 Å². The normalized spacial score (nSPS) is 33.8. The number of nitrogens with zero attached hydrogens (tertiary/aromatic N) is 1. The van der Waals surface area contributed by atoms with Crippen LogP contribution < -0.4 is 5.32 Å². The van der Waals surface area contributed by atoms with Crippen molar-refractivity contribution in [3.8, 4) is 0 Å². The van der Waals surface area contributed by atoms with Crippen molar-refractivity contribution >= 4 is 23.4 Å². The Kier molecular flexibility index (Phi) is 20.5. The van der Waals surface area contributed by atoms with E-state index in [0.717, 1.165) is 11.1 Å². The summed E-state index contributed by atoms with van der Waals surface area (Å²) >= 11 is 0. The summed E-state index contributed by atoms with van der Waals surface area (Å²) < 4.78 is 44.9. The maximum Gasteiger partial charge on any atom is 0.329 e. The van der Waals surface area contributed by atoms with E-state index in [1.54, 1.807) is 46.5 Å². The number of ether oxygens (including phenoxy) is 5. The zero-order chi connectivity index (χ0) is 47.3. The van der Waals surface area contributed by atoms with E-state index in [2.05, 4.69) is 18.8 Å². The van der Waals surface area contributed by atoms with Gasteiger partial charge in [-0.3, -0.25) is 19.7 Å². The van der Waals surface area contributed by atoms with Gasteiger partial charge in [-0.25, -0.2) is 9.18 Å². The number of aliphatic hydroxyl groups is 1. The van der Waals surface area contributed by atoms with Crippen molar-refractivity contribution in [1.29, 1.82) is 0 Å². The van der Waals surface area contributed by atoms with E-state index in [4.69, 9.17) is 23.7 Å². The number of benzene rings is 1. The van der Waals surface area contributed by atoms with Gasteiger partial charge in [0.05, 0.1) is 24.4 Å². The number of piperidine rings is 1. The van der Waals surface area contributed by atoms with Crippen LogP contribution in [0.3, 0.4) is 0 Å². The molecule has 3 heterocycles. The molecule has 1 amide bonds. The molecular weight excluding hydrogens is 820 g/mol. The third-order valence-electron chi connectivity index (χ3n) is 13.7. The molecule has 2 N–H and O–H groups in total. The topological polar surface area (TPSA) is 150 Å². The lowest BCUT2D eigenvalue weighted by molar-refractivity contribution is -0.243.